The van der Waals surface area contributed by atoms with Gasteiger partial charge in [0.2, 0.25) is 5.13 Å². The Balaban J connectivity index is 1.62. The van der Waals surface area contributed by atoms with Crippen LogP contribution in [0.4, 0.5) is 5.13 Å². The molecule has 1 fully saturated rings. The van der Waals surface area contributed by atoms with Crippen molar-refractivity contribution < 1.29 is 4.79 Å². The average molecular weight is 432 g/mol. The van der Waals surface area contributed by atoms with Crippen LogP contribution >= 0.6 is 23.1 Å². The molecule has 6 heteroatoms. The summed E-state index contributed by atoms with van der Waals surface area (Å²) in [5.74, 6) is -0.0574. The minimum absolute atomic E-state index is 0.0574. The van der Waals surface area contributed by atoms with E-state index in [1.807, 2.05) is 53.9 Å². The lowest BCUT2D eigenvalue weighted by Gasteiger charge is -2.11. The zero-order valence-corrected chi connectivity index (χ0v) is 18.2. The molecule has 30 heavy (non-hydrogen) atoms. The lowest BCUT2D eigenvalue weighted by molar-refractivity contribution is -0.121. The van der Waals surface area contributed by atoms with Crippen molar-refractivity contribution in [3.05, 3.63) is 88.7 Å². The summed E-state index contributed by atoms with van der Waals surface area (Å²) in [6.45, 7) is 6.32. The van der Waals surface area contributed by atoms with Gasteiger partial charge in [0.15, 0.2) is 5.17 Å². The third-order valence-corrected chi connectivity index (χ3v) is 6.38. The second-order valence-electron chi connectivity index (χ2n) is 6.69. The molecule has 4 rings (SSSR count). The molecule has 4 nitrogen and oxygen atoms in total. The molecular weight excluding hydrogens is 410 g/mol. The van der Waals surface area contributed by atoms with E-state index in [2.05, 4.69) is 35.6 Å². The van der Waals surface area contributed by atoms with Crippen LogP contribution in [-0.4, -0.2) is 27.5 Å². The van der Waals surface area contributed by atoms with Gasteiger partial charge in [0.1, 0.15) is 0 Å². The van der Waals surface area contributed by atoms with Gasteiger partial charge < -0.3 is 0 Å². The number of thiazole rings is 1. The first-order chi connectivity index (χ1) is 14.7. The summed E-state index contributed by atoms with van der Waals surface area (Å²) in [6.07, 6.45) is 4.62. The van der Waals surface area contributed by atoms with Crippen LogP contribution in [-0.2, 0) is 11.2 Å². The molecule has 0 atom stereocenters. The number of benzene rings is 2. The highest BCUT2D eigenvalue weighted by Gasteiger charge is 2.32. The van der Waals surface area contributed by atoms with Crippen molar-refractivity contribution in [1.82, 2.24) is 9.88 Å². The topological polar surface area (TPSA) is 45.6 Å². The van der Waals surface area contributed by atoms with Gasteiger partial charge in [0, 0.05) is 17.5 Å². The number of amides is 1. The Hall–Kier alpha value is -2.96. The third kappa shape index (κ3) is 4.45. The molecule has 0 unspecified atom stereocenters. The van der Waals surface area contributed by atoms with Gasteiger partial charge >= 0.3 is 0 Å². The van der Waals surface area contributed by atoms with Gasteiger partial charge in [0.25, 0.3) is 5.91 Å². The van der Waals surface area contributed by atoms with Crippen LogP contribution in [0.25, 0.3) is 17.3 Å². The second kappa shape index (κ2) is 9.24. The van der Waals surface area contributed by atoms with E-state index in [1.54, 1.807) is 11.0 Å². The Bertz CT molecular complexity index is 1110. The van der Waals surface area contributed by atoms with Gasteiger partial charge in [-0.3, -0.25) is 9.69 Å². The van der Waals surface area contributed by atoms with E-state index < -0.39 is 0 Å². The Morgan fingerprint density at radius 3 is 2.60 bits per heavy atom. The molecule has 3 aromatic rings. The summed E-state index contributed by atoms with van der Waals surface area (Å²) < 4.78 is 0. The number of aromatic nitrogens is 1. The molecule has 0 N–H and O–H groups in total. The molecule has 150 valence electrons. The molecule has 1 saturated heterocycles. The first kappa shape index (κ1) is 20.3. The third-order valence-electron chi connectivity index (χ3n) is 4.64. The molecule has 2 aromatic carbocycles. The van der Waals surface area contributed by atoms with Crippen molar-refractivity contribution in [2.24, 2.45) is 4.99 Å². The van der Waals surface area contributed by atoms with Gasteiger partial charge in [0.05, 0.1) is 10.6 Å². The number of nitrogens with zero attached hydrogens (tertiary/aromatic N) is 3. The van der Waals surface area contributed by atoms with E-state index in [9.17, 15) is 4.79 Å². The van der Waals surface area contributed by atoms with Crippen LogP contribution < -0.4 is 0 Å². The van der Waals surface area contributed by atoms with Crippen LogP contribution in [0, 0.1) is 0 Å². The van der Waals surface area contributed by atoms with Gasteiger partial charge in [-0.15, -0.1) is 17.9 Å². The predicted molar refractivity (Wildman–Crippen MR) is 128 cm³/mol. The van der Waals surface area contributed by atoms with Crippen LogP contribution in [0.3, 0.4) is 0 Å². The number of hydrogen-bond acceptors (Lipinski definition) is 5. The van der Waals surface area contributed by atoms with E-state index in [0.717, 1.165) is 23.2 Å². The fourth-order valence-corrected chi connectivity index (χ4v) is 4.76. The van der Waals surface area contributed by atoms with E-state index in [4.69, 9.17) is 0 Å². The fourth-order valence-electron chi connectivity index (χ4n) is 3.02. The molecule has 0 bridgehead atoms. The summed E-state index contributed by atoms with van der Waals surface area (Å²) in [5, 5.41) is 3.25. The highest BCUT2D eigenvalue weighted by atomic mass is 32.2. The second-order valence-corrected chi connectivity index (χ2v) is 8.53. The molecule has 0 radical (unpaired) electrons. The van der Waals surface area contributed by atoms with E-state index in [-0.39, 0.29) is 5.91 Å². The molecule has 1 aliphatic heterocycles. The SMILES string of the molecule is C=CCN1C(=O)/C(=C/c2ccc(CC)cc2)S/C1=N/c1nc(-c2ccccc2)cs1. The molecule has 2 heterocycles. The van der Waals surface area contributed by atoms with Crippen LogP contribution in [0.1, 0.15) is 18.1 Å². The molecule has 0 saturated carbocycles. The maximum atomic E-state index is 12.9. The van der Waals surface area contributed by atoms with E-state index >= 15 is 0 Å². The standard InChI is InChI=1S/C24H21N3OS2/c1-3-14-27-22(28)21(15-18-12-10-17(4-2)11-13-18)30-24(27)26-23-25-20(16-29-23)19-8-6-5-7-9-19/h3,5-13,15-16H,1,4,14H2,2H3/b21-15-,26-24+. The highest BCUT2D eigenvalue weighted by molar-refractivity contribution is 8.18. The lowest BCUT2D eigenvalue weighted by Crippen LogP contribution is -2.29. The zero-order valence-electron chi connectivity index (χ0n) is 16.6. The summed E-state index contributed by atoms with van der Waals surface area (Å²) in [6, 6.07) is 18.3. The largest absolute Gasteiger partial charge is 0.282 e. The monoisotopic (exact) mass is 431 g/mol. The van der Waals surface area contributed by atoms with Crippen molar-refractivity contribution >= 4 is 45.4 Å². The van der Waals surface area contributed by atoms with Crippen LogP contribution in [0.5, 0.6) is 0 Å². The summed E-state index contributed by atoms with van der Waals surface area (Å²) in [5.41, 5.74) is 4.21. The van der Waals surface area contributed by atoms with Crippen molar-refractivity contribution in [2.45, 2.75) is 13.3 Å². The van der Waals surface area contributed by atoms with Crippen molar-refractivity contribution in [3.8, 4) is 11.3 Å². The van der Waals surface area contributed by atoms with Gasteiger partial charge in [-0.1, -0.05) is 67.6 Å². The van der Waals surface area contributed by atoms with Gasteiger partial charge in [-0.25, -0.2) is 4.98 Å². The Kier molecular flexibility index (Phi) is 6.26. The molecule has 0 spiro atoms. The van der Waals surface area contributed by atoms with Gasteiger partial charge in [-0.05, 0) is 35.4 Å². The molecule has 1 aliphatic rings. The maximum Gasteiger partial charge on any atom is 0.267 e. The van der Waals surface area contributed by atoms with E-state index in [0.29, 0.717) is 21.7 Å². The number of aliphatic imine (C=N–C) groups is 1. The molecule has 1 aromatic heterocycles. The Morgan fingerprint density at radius 2 is 1.90 bits per heavy atom. The van der Waals surface area contributed by atoms with Crippen molar-refractivity contribution in [1.29, 1.82) is 0 Å². The summed E-state index contributed by atoms with van der Waals surface area (Å²) >= 11 is 2.84. The first-order valence-corrected chi connectivity index (χ1v) is 11.4. The van der Waals surface area contributed by atoms with Crippen LogP contribution in [0.15, 0.2) is 82.5 Å². The Morgan fingerprint density at radius 1 is 1.13 bits per heavy atom. The lowest BCUT2D eigenvalue weighted by atomic mass is 10.1. The number of amidine groups is 1. The molecular formula is C24H21N3OS2. The number of thioether (sulfide) groups is 1. The van der Waals surface area contributed by atoms with Gasteiger partial charge in [-0.2, -0.15) is 4.99 Å². The number of carbonyl (C=O) groups excluding carboxylic acids is 1. The zero-order chi connectivity index (χ0) is 20.9. The maximum absolute atomic E-state index is 12.9. The number of carbonyl (C=O) groups is 1. The molecule has 0 aliphatic carbocycles. The highest BCUT2D eigenvalue weighted by Crippen LogP contribution is 2.35. The average Bonchev–Trinajstić information content (AvgIpc) is 3.36. The predicted octanol–water partition coefficient (Wildman–Crippen LogP) is 6.16. The van der Waals surface area contributed by atoms with Crippen molar-refractivity contribution in [3.63, 3.8) is 0 Å². The number of rotatable bonds is 6. The summed E-state index contributed by atoms with van der Waals surface area (Å²) in [7, 11) is 0. The summed E-state index contributed by atoms with van der Waals surface area (Å²) in [4.78, 5) is 24.5. The molecule has 1 amide bonds. The number of hydrogen-bond donors (Lipinski definition) is 0. The Labute approximate surface area is 184 Å². The normalized spacial score (nSPS) is 16.6. The minimum Gasteiger partial charge on any atom is -0.282 e. The van der Waals surface area contributed by atoms with Crippen molar-refractivity contribution in [2.75, 3.05) is 6.54 Å². The van der Waals surface area contributed by atoms with E-state index in [1.165, 1.54) is 28.7 Å². The minimum atomic E-state index is -0.0574. The number of aryl methyl sites for hydroxylation is 1. The first-order valence-electron chi connectivity index (χ1n) is 9.69. The van der Waals surface area contributed by atoms with Crippen LogP contribution in [0.2, 0.25) is 0 Å². The fraction of sp³-hybridized carbons (Fsp3) is 0.125. The quantitative estimate of drug-likeness (QED) is 0.347. The smallest absolute Gasteiger partial charge is 0.267 e.